The fourth-order valence-corrected chi connectivity index (χ4v) is 3.43. The molecule has 0 atom stereocenters. The van der Waals surface area contributed by atoms with Crippen LogP contribution < -0.4 is 0 Å². The average Bonchev–Trinajstić information content (AvgIpc) is 2.61. The van der Waals surface area contributed by atoms with Gasteiger partial charge in [0, 0.05) is 14.2 Å². The van der Waals surface area contributed by atoms with Crippen molar-refractivity contribution in [2.75, 3.05) is 27.9 Å². The lowest BCUT2D eigenvalue weighted by Crippen LogP contribution is -2.20. The third-order valence-electron chi connectivity index (χ3n) is 3.47. The molecule has 0 saturated heterocycles. The number of esters is 2. The van der Waals surface area contributed by atoms with E-state index in [0.717, 1.165) is 6.04 Å². The van der Waals surface area contributed by atoms with Gasteiger partial charge in [0.25, 0.3) is 0 Å². The first-order valence-electron chi connectivity index (χ1n) is 7.62. The van der Waals surface area contributed by atoms with E-state index in [9.17, 15) is 9.59 Å². The Kier molecular flexibility index (Phi) is 8.99. The number of allylic oxidation sites excluding steroid dienone is 1. The summed E-state index contributed by atoms with van der Waals surface area (Å²) in [6.45, 7) is 3.90. The first-order valence-corrected chi connectivity index (χ1v) is 9.38. The lowest BCUT2D eigenvalue weighted by Gasteiger charge is -2.13. The minimum Gasteiger partial charge on any atom is -0.465 e. The second-order valence-corrected chi connectivity index (χ2v) is 7.38. The van der Waals surface area contributed by atoms with E-state index in [1.165, 1.54) is 7.11 Å². The number of methoxy groups -OCH3 is 1. The molecule has 0 aliphatic rings. The molecule has 0 aliphatic carbocycles. The highest BCUT2D eigenvalue weighted by Gasteiger charge is 2.22. The van der Waals surface area contributed by atoms with E-state index >= 15 is 0 Å². The molecule has 0 N–H and O–H groups in total. The maximum absolute atomic E-state index is 12.3. The average molecular weight is 352 g/mol. The summed E-state index contributed by atoms with van der Waals surface area (Å²) in [6.07, 6.45) is 2.77. The van der Waals surface area contributed by atoms with Gasteiger partial charge in [-0.15, -0.1) is 6.58 Å². The molecule has 132 valence electrons. The highest BCUT2D eigenvalue weighted by atomic mass is 28.3. The molecule has 0 bridgehead atoms. The molecule has 1 aromatic rings. The minimum absolute atomic E-state index is 0.202. The number of carbonyl (C=O) groups is 2. The SMILES string of the molecule is C=CCc1cccc(C(=O)OCCC[SiH](OC)OC)c1C(=O)OC. The van der Waals surface area contributed by atoms with E-state index in [0.29, 0.717) is 18.4 Å². The van der Waals surface area contributed by atoms with Gasteiger partial charge >= 0.3 is 21.2 Å². The molecular weight excluding hydrogens is 328 g/mol. The zero-order valence-corrected chi connectivity index (χ0v) is 15.5. The van der Waals surface area contributed by atoms with Gasteiger partial charge in [0.05, 0.1) is 24.8 Å². The van der Waals surface area contributed by atoms with E-state index in [2.05, 4.69) is 6.58 Å². The van der Waals surface area contributed by atoms with Crippen molar-refractivity contribution in [2.24, 2.45) is 0 Å². The zero-order valence-electron chi connectivity index (χ0n) is 14.4. The van der Waals surface area contributed by atoms with Crippen LogP contribution in [-0.4, -0.2) is 49.2 Å². The zero-order chi connectivity index (χ0) is 17.9. The lowest BCUT2D eigenvalue weighted by atomic mass is 9.98. The maximum Gasteiger partial charge on any atom is 0.339 e. The van der Waals surface area contributed by atoms with Crippen LogP contribution in [-0.2, 0) is 24.7 Å². The van der Waals surface area contributed by atoms with Crippen molar-refractivity contribution < 1.29 is 27.9 Å². The highest BCUT2D eigenvalue weighted by molar-refractivity contribution is 6.44. The van der Waals surface area contributed by atoms with Gasteiger partial charge in [-0.2, -0.15) is 0 Å². The van der Waals surface area contributed by atoms with Gasteiger partial charge < -0.3 is 18.3 Å². The first-order chi connectivity index (χ1) is 11.6. The fraction of sp³-hybridized carbons (Fsp3) is 0.412. The normalized spacial score (nSPS) is 10.5. The standard InChI is InChI=1S/C17H24O6Si/c1-5-8-13-9-6-10-14(15(13)17(19)20-2)16(18)23-11-7-12-24(21-3)22-4/h5-6,9-10,24H,1,7-8,11-12H2,2-4H3. The Labute approximate surface area is 144 Å². The number of ether oxygens (including phenoxy) is 2. The number of hydrogen-bond donors (Lipinski definition) is 0. The third kappa shape index (κ3) is 5.59. The molecule has 0 aliphatic heterocycles. The van der Waals surface area contributed by atoms with Crippen LogP contribution in [0.3, 0.4) is 0 Å². The summed E-state index contributed by atoms with van der Waals surface area (Å²) in [4.78, 5) is 24.4. The Morgan fingerprint density at radius 3 is 2.46 bits per heavy atom. The summed E-state index contributed by atoms with van der Waals surface area (Å²) in [5, 5.41) is 0. The molecule has 0 unspecified atom stereocenters. The molecule has 0 spiro atoms. The van der Waals surface area contributed by atoms with Crippen LogP contribution in [0.4, 0.5) is 0 Å². The van der Waals surface area contributed by atoms with Crippen molar-refractivity contribution >= 4 is 21.2 Å². The van der Waals surface area contributed by atoms with Crippen molar-refractivity contribution in [3.8, 4) is 0 Å². The second kappa shape index (κ2) is 10.7. The molecular formula is C17H24O6Si. The smallest absolute Gasteiger partial charge is 0.339 e. The molecule has 1 rings (SSSR count). The van der Waals surface area contributed by atoms with Crippen molar-refractivity contribution in [1.82, 2.24) is 0 Å². The lowest BCUT2D eigenvalue weighted by molar-refractivity contribution is 0.0484. The Morgan fingerprint density at radius 1 is 1.17 bits per heavy atom. The second-order valence-electron chi connectivity index (χ2n) is 5.00. The van der Waals surface area contributed by atoms with Crippen LogP contribution in [0, 0.1) is 0 Å². The Balaban J connectivity index is 2.81. The number of rotatable bonds is 10. The van der Waals surface area contributed by atoms with Crippen molar-refractivity contribution in [2.45, 2.75) is 18.9 Å². The van der Waals surface area contributed by atoms with Crippen molar-refractivity contribution in [3.05, 3.63) is 47.5 Å². The summed E-state index contributed by atoms with van der Waals surface area (Å²) >= 11 is 0. The van der Waals surface area contributed by atoms with Crippen LogP contribution in [0.2, 0.25) is 6.04 Å². The van der Waals surface area contributed by atoms with Crippen LogP contribution in [0.5, 0.6) is 0 Å². The molecule has 24 heavy (non-hydrogen) atoms. The largest absolute Gasteiger partial charge is 0.465 e. The van der Waals surface area contributed by atoms with Gasteiger partial charge in [0.2, 0.25) is 0 Å². The third-order valence-corrected chi connectivity index (χ3v) is 5.40. The molecule has 0 saturated carbocycles. The Morgan fingerprint density at radius 2 is 1.88 bits per heavy atom. The van der Waals surface area contributed by atoms with Crippen molar-refractivity contribution in [3.63, 3.8) is 0 Å². The molecule has 0 amide bonds. The number of hydrogen-bond acceptors (Lipinski definition) is 6. The van der Waals surface area contributed by atoms with Gasteiger partial charge in [-0.3, -0.25) is 0 Å². The molecule has 7 heteroatoms. The van der Waals surface area contributed by atoms with Crippen LogP contribution in [0.25, 0.3) is 0 Å². The summed E-state index contributed by atoms with van der Waals surface area (Å²) in [5.74, 6) is -1.11. The molecule has 0 heterocycles. The minimum atomic E-state index is -1.65. The van der Waals surface area contributed by atoms with Gasteiger partial charge in [-0.1, -0.05) is 18.2 Å². The number of carbonyl (C=O) groups excluding carboxylic acids is 2. The molecule has 0 fully saturated rings. The summed E-state index contributed by atoms with van der Waals surface area (Å²) in [7, 11) is 2.85. The molecule has 0 radical (unpaired) electrons. The van der Waals surface area contributed by atoms with Crippen molar-refractivity contribution in [1.29, 1.82) is 0 Å². The topological polar surface area (TPSA) is 71.1 Å². The van der Waals surface area contributed by atoms with E-state index in [-0.39, 0.29) is 17.7 Å². The van der Waals surface area contributed by atoms with E-state index in [1.807, 2.05) is 0 Å². The predicted molar refractivity (Wildman–Crippen MR) is 92.6 cm³/mol. The quantitative estimate of drug-likeness (QED) is 0.278. The summed E-state index contributed by atoms with van der Waals surface area (Å²) in [5.41, 5.74) is 1.11. The predicted octanol–water partition coefficient (Wildman–Crippen LogP) is 2.26. The van der Waals surface area contributed by atoms with E-state index in [4.69, 9.17) is 18.3 Å². The maximum atomic E-state index is 12.3. The van der Waals surface area contributed by atoms with Crippen LogP contribution in [0.1, 0.15) is 32.7 Å². The number of benzene rings is 1. The Bertz CT molecular complexity index is 568. The molecule has 0 aromatic heterocycles. The van der Waals surface area contributed by atoms with Gasteiger partial charge in [0.15, 0.2) is 0 Å². The summed E-state index contributed by atoms with van der Waals surface area (Å²) in [6, 6.07) is 5.77. The van der Waals surface area contributed by atoms with Gasteiger partial charge in [-0.25, -0.2) is 9.59 Å². The van der Waals surface area contributed by atoms with Gasteiger partial charge in [0.1, 0.15) is 0 Å². The molecule has 6 nitrogen and oxygen atoms in total. The van der Waals surface area contributed by atoms with Crippen LogP contribution in [0.15, 0.2) is 30.9 Å². The van der Waals surface area contributed by atoms with E-state index in [1.54, 1.807) is 38.5 Å². The Hall–Kier alpha value is -1.96. The molecule has 1 aromatic carbocycles. The monoisotopic (exact) mass is 352 g/mol. The first kappa shape index (κ1) is 20.1. The van der Waals surface area contributed by atoms with Gasteiger partial charge in [-0.05, 0) is 30.5 Å². The highest BCUT2D eigenvalue weighted by Crippen LogP contribution is 2.19. The van der Waals surface area contributed by atoms with E-state index < -0.39 is 21.2 Å². The summed E-state index contributed by atoms with van der Waals surface area (Å²) < 4.78 is 20.5. The van der Waals surface area contributed by atoms with Crippen LogP contribution >= 0.6 is 0 Å². The fourth-order valence-electron chi connectivity index (χ4n) is 2.26.